The zero-order valence-electron chi connectivity index (χ0n) is 27.2. The first-order valence-electron chi connectivity index (χ1n) is 15.9. The second-order valence-electron chi connectivity index (χ2n) is 13.4. The molecule has 1 fully saturated rings. The topological polar surface area (TPSA) is 0 Å². The van der Waals surface area contributed by atoms with Crippen LogP contribution in [0.1, 0.15) is 70.2 Å². The summed E-state index contributed by atoms with van der Waals surface area (Å²) in [6.07, 6.45) is 8.15. The van der Waals surface area contributed by atoms with Gasteiger partial charge in [0, 0.05) is 0 Å². The summed E-state index contributed by atoms with van der Waals surface area (Å²) in [4.78, 5) is 0. The molecule has 0 unspecified atom stereocenters. The molecule has 220 valence electrons. The fourth-order valence-electron chi connectivity index (χ4n) is 7.38. The molecule has 0 nitrogen and oxygen atoms in total. The third kappa shape index (κ3) is 7.81. The molecule has 0 heterocycles. The number of hydrogen-bond donors (Lipinski definition) is 0. The highest BCUT2D eigenvalue weighted by atomic mass is 31.1. The van der Waals surface area contributed by atoms with E-state index in [2.05, 4.69) is 128 Å². The predicted molar refractivity (Wildman–Crippen MR) is 191 cm³/mol. The molecule has 1 aliphatic carbocycles. The molecular formula is C40H50P2. The molecule has 1 aliphatic rings. The maximum absolute atomic E-state index is 2.49. The quantitative estimate of drug-likeness (QED) is 0.179. The Bertz CT molecular complexity index is 1250. The molecule has 5 rings (SSSR count). The normalized spacial score (nSPS) is 17.3. The van der Waals surface area contributed by atoms with Crippen molar-refractivity contribution < 1.29 is 0 Å². The summed E-state index contributed by atoms with van der Waals surface area (Å²) < 4.78 is 0. The van der Waals surface area contributed by atoms with Gasteiger partial charge in [-0.3, -0.25) is 0 Å². The van der Waals surface area contributed by atoms with Crippen LogP contribution in [0.5, 0.6) is 0 Å². The summed E-state index contributed by atoms with van der Waals surface area (Å²) in [6, 6.07) is 29.3. The van der Waals surface area contributed by atoms with Crippen LogP contribution >= 0.6 is 15.8 Å². The van der Waals surface area contributed by atoms with Crippen molar-refractivity contribution in [1.29, 1.82) is 0 Å². The number of benzene rings is 4. The van der Waals surface area contributed by atoms with Gasteiger partial charge in [-0.2, -0.15) is 0 Å². The second-order valence-corrected chi connectivity index (χ2v) is 17.9. The van der Waals surface area contributed by atoms with Crippen LogP contribution < -0.4 is 21.2 Å². The minimum absolute atomic E-state index is 0.412. The minimum atomic E-state index is -0.412. The smallest absolute Gasteiger partial charge is 0.0190 e. The summed E-state index contributed by atoms with van der Waals surface area (Å²) >= 11 is 0. The van der Waals surface area contributed by atoms with E-state index in [1.54, 1.807) is 21.2 Å². The Morgan fingerprint density at radius 1 is 0.381 bits per heavy atom. The standard InChI is InChI=1S/C40H50P2/c1-27-13-28(2)18-37(17-27)41(38-19-29(3)14-30(4)20-38)25-35-11-9-10-12-36(35)26-42(39-21-31(5)15-32(6)22-39)40-23-33(7)16-34(8)24-40/h13-24,35-36H,9-12,25-26H2,1-8H3/t35-,36-/m1/s1. The summed E-state index contributed by atoms with van der Waals surface area (Å²) in [5, 5.41) is 6.29. The number of hydrogen-bond acceptors (Lipinski definition) is 0. The number of aryl methyl sites for hydroxylation is 8. The van der Waals surface area contributed by atoms with E-state index < -0.39 is 15.8 Å². The molecule has 2 atom stereocenters. The van der Waals surface area contributed by atoms with Gasteiger partial charge in [-0.05, 0) is 129 Å². The molecule has 0 radical (unpaired) electrons. The van der Waals surface area contributed by atoms with Crippen molar-refractivity contribution in [1.82, 2.24) is 0 Å². The van der Waals surface area contributed by atoms with E-state index in [9.17, 15) is 0 Å². The summed E-state index contributed by atoms with van der Waals surface area (Å²) in [6.45, 7) is 18.2. The van der Waals surface area contributed by atoms with Gasteiger partial charge >= 0.3 is 0 Å². The van der Waals surface area contributed by atoms with Crippen LogP contribution in [0.2, 0.25) is 0 Å². The van der Waals surface area contributed by atoms with Gasteiger partial charge in [-0.1, -0.05) is 130 Å². The van der Waals surface area contributed by atoms with E-state index in [-0.39, 0.29) is 0 Å². The van der Waals surface area contributed by atoms with Crippen LogP contribution in [0.3, 0.4) is 0 Å². The first kappa shape index (κ1) is 31.2. The van der Waals surface area contributed by atoms with Gasteiger partial charge in [0.05, 0.1) is 0 Å². The fourth-order valence-corrected chi connectivity index (χ4v) is 13.6. The molecule has 42 heavy (non-hydrogen) atoms. The molecule has 0 amide bonds. The molecule has 0 aliphatic heterocycles. The molecule has 0 saturated heterocycles. The second kappa shape index (κ2) is 13.6. The highest BCUT2D eigenvalue weighted by molar-refractivity contribution is 7.73. The molecule has 4 aromatic carbocycles. The molecule has 0 bridgehead atoms. The lowest BCUT2D eigenvalue weighted by Crippen LogP contribution is -2.30. The molecule has 0 N–H and O–H groups in total. The number of rotatable bonds is 8. The van der Waals surface area contributed by atoms with Gasteiger partial charge in [-0.25, -0.2) is 0 Å². The molecule has 0 spiro atoms. The average molecular weight is 593 g/mol. The zero-order valence-corrected chi connectivity index (χ0v) is 29.0. The predicted octanol–water partition coefficient (Wildman–Crippen LogP) is 9.53. The van der Waals surface area contributed by atoms with E-state index in [0.29, 0.717) is 0 Å². The maximum Gasteiger partial charge on any atom is -0.0190 e. The molecule has 4 aromatic rings. The van der Waals surface area contributed by atoms with E-state index in [1.807, 2.05) is 0 Å². The van der Waals surface area contributed by atoms with Crippen molar-refractivity contribution in [2.45, 2.75) is 81.1 Å². The Morgan fingerprint density at radius 2 is 0.595 bits per heavy atom. The van der Waals surface area contributed by atoms with Crippen LogP contribution in [-0.2, 0) is 0 Å². The zero-order chi connectivity index (χ0) is 30.0. The average Bonchev–Trinajstić information content (AvgIpc) is 2.88. The first-order chi connectivity index (χ1) is 20.0. The Labute approximate surface area is 258 Å². The third-order valence-corrected chi connectivity index (χ3v) is 14.2. The Balaban J connectivity index is 1.53. The fraction of sp³-hybridized carbons (Fsp3) is 0.400. The van der Waals surface area contributed by atoms with Crippen molar-refractivity contribution >= 4 is 37.1 Å². The Morgan fingerprint density at radius 3 is 0.810 bits per heavy atom. The van der Waals surface area contributed by atoms with Crippen molar-refractivity contribution in [3.05, 3.63) is 117 Å². The largest absolute Gasteiger partial charge is 0.0563 e. The van der Waals surface area contributed by atoms with Crippen molar-refractivity contribution in [3.63, 3.8) is 0 Å². The van der Waals surface area contributed by atoms with Crippen molar-refractivity contribution in [2.24, 2.45) is 11.8 Å². The van der Waals surface area contributed by atoms with Gasteiger partial charge in [0.15, 0.2) is 0 Å². The monoisotopic (exact) mass is 592 g/mol. The van der Waals surface area contributed by atoms with E-state index in [4.69, 9.17) is 0 Å². The van der Waals surface area contributed by atoms with Crippen molar-refractivity contribution in [3.8, 4) is 0 Å². The van der Waals surface area contributed by atoms with Crippen LogP contribution in [0.15, 0.2) is 72.8 Å². The molecule has 0 aromatic heterocycles. The lowest BCUT2D eigenvalue weighted by Gasteiger charge is -2.37. The van der Waals surface area contributed by atoms with Gasteiger partial charge in [-0.15, -0.1) is 0 Å². The maximum atomic E-state index is 2.49. The van der Waals surface area contributed by atoms with Crippen molar-refractivity contribution in [2.75, 3.05) is 12.3 Å². The van der Waals surface area contributed by atoms with E-state index in [0.717, 1.165) is 11.8 Å². The Kier molecular flexibility index (Phi) is 10.1. The van der Waals surface area contributed by atoms with Gasteiger partial charge < -0.3 is 0 Å². The van der Waals surface area contributed by atoms with Gasteiger partial charge in [0.2, 0.25) is 0 Å². The lowest BCUT2D eigenvalue weighted by molar-refractivity contribution is 0.285. The van der Waals surface area contributed by atoms with Crippen LogP contribution in [0.25, 0.3) is 0 Å². The van der Waals surface area contributed by atoms with Gasteiger partial charge in [0.1, 0.15) is 0 Å². The first-order valence-corrected chi connectivity index (χ1v) is 19.0. The highest BCUT2D eigenvalue weighted by Gasteiger charge is 2.32. The van der Waals surface area contributed by atoms with E-state index >= 15 is 0 Å². The van der Waals surface area contributed by atoms with Gasteiger partial charge in [0.25, 0.3) is 0 Å². The molecular weight excluding hydrogens is 542 g/mol. The lowest BCUT2D eigenvalue weighted by atomic mass is 9.81. The van der Waals surface area contributed by atoms with E-state index in [1.165, 1.54) is 82.5 Å². The minimum Gasteiger partial charge on any atom is -0.0563 e. The van der Waals surface area contributed by atoms with Crippen LogP contribution in [-0.4, -0.2) is 12.3 Å². The molecule has 1 saturated carbocycles. The Hall–Kier alpha value is -2.26. The van der Waals surface area contributed by atoms with Crippen LogP contribution in [0.4, 0.5) is 0 Å². The highest BCUT2D eigenvalue weighted by Crippen LogP contribution is 2.47. The molecule has 2 heteroatoms. The van der Waals surface area contributed by atoms with Crippen LogP contribution in [0, 0.1) is 67.2 Å². The summed E-state index contributed by atoms with van der Waals surface area (Å²) in [5.74, 6) is 1.54. The summed E-state index contributed by atoms with van der Waals surface area (Å²) in [7, 11) is -0.824. The SMILES string of the molecule is Cc1cc(C)cc(P(C[C@H]2CCCC[C@@H]2CP(c2cc(C)cc(C)c2)c2cc(C)cc(C)c2)c2cc(C)cc(C)c2)c1. The summed E-state index contributed by atoms with van der Waals surface area (Å²) in [5.41, 5.74) is 11.2. The third-order valence-electron chi connectivity index (χ3n) is 8.97.